The summed E-state index contributed by atoms with van der Waals surface area (Å²) in [4.78, 5) is 3.75. The maximum Gasteiger partial charge on any atom is 0.0544 e. The normalized spacial score (nSPS) is 11.3. The summed E-state index contributed by atoms with van der Waals surface area (Å²) in [5.41, 5.74) is 11.9. The van der Waals surface area contributed by atoms with Gasteiger partial charge in [0.25, 0.3) is 0 Å². The smallest absolute Gasteiger partial charge is 0.0544 e. The number of nitrogens with zero attached hydrogens (tertiary/aromatic N) is 2. The number of para-hydroxylation sites is 3. The average molecular weight is 582 g/mol. The molecule has 0 aliphatic carbocycles. The molecule has 3 heteroatoms. The van der Waals surface area contributed by atoms with Crippen molar-refractivity contribution in [1.29, 1.82) is 0 Å². The predicted molar refractivity (Wildman–Crippen MR) is 194 cm³/mol. The van der Waals surface area contributed by atoms with Crippen LogP contribution in [0.4, 0.5) is 0 Å². The molecule has 0 radical (unpaired) electrons. The molecule has 218 valence electrons. The van der Waals surface area contributed by atoms with Gasteiger partial charge in [-0.1, -0.05) is 80.6 Å². The second kappa shape index (κ2) is 11.0. The van der Waals surface area contributed by atoms with Gasteiger partial charge in [0.15, 0.2) is 0 Å². The van der Waals surface area contributed by atoms with Crippen LogP contribution in [0.3, 0.4) is 0 Å². The fourth-order valence-electron chi connectivity index (χ4n) is 6.60. The Morgan fingerprint density at radius 1 is 0.467 bits per heavy atom. The zero-order valence-corrected chi connectivity index (χ0v) is 25.4. The van der Waals surface area contributed by atoms with E-state index in [1.54, 1.807) is 0 Å². The van der Waals surface area contributed by atoms with E-state index in [1.165, 1.54) is 71.7 Å². The summed E-state index contributed by atoms with van der Waals surface area (Å²) < 4.78 is 4.51. The molecule has 0 bridgehead atoms. The molecule has 0 spiro atoms. The quantitative estimate of drug-likeness (QED) is 0.214. The van der Waals surface area contributed by atoms with Gasteiger partial charge in [0.1, 0.15) is 0 Å². The number of fused-ring (bicyclic) bond motifs is 5. The third-order valence-electron chi connectivity index (χ3n) is 8.71. The number of nitrogens with one attached hydrogen (secondary N) is 1. The van der Waals surface area contributed by atoms with Crippen molar-refractivity contribution in [2.75, 3.05) is 0 Å². The Morgan fingerprint density at radius 3 is 1.67 bits per heavy atom. The van der Waals surface area contributed by atoms with Crippen molar-refractivity contribution in [3.8, 4) is 33.6 Å². The Hall–Kier alpha value is -5.80. The summed E-state index contributed by atoms with van der Waals surface area (Å²) in [7, 11) is 0. The van der Waals surface area contributed by atoms with Crippen molar-refractivity contribution in [1.82, 2.24) is 14.1 Å². The first-order valence-corrected chi connectivity index (χ1v) is 15.7. The molecule has 0 amide bonds. The first kappa shape index (κ1) is 26.8. The molecule has 0 saturated heterocycles. The van der Waals surface area contributed by atoms with Gasteiger partial charge in [-0.05, 0) is 95.6 Å². The van der Waals surface area contributed by atoms with E-state index in [0.29, 0.717) is 0 Å². The fourth-order valence-corrected chi connectivity index (χ4v) is 6.60. The summed E-state index contributed by atoms with van der Waals surface area (Å²) in [5, 5.41) is 4.94. The van der Waals surface area contributed by atoms with Crippen molar-refractivity contribution in [3.05, 3.63) is 158 Å². The van der Waals surface area contributed by atoms with Gasteiger partial charge in [-0.15, -0.1) is 0 Å². The lowest BCUT2D eigenvalue weighted by molar-refractivity contribution is 1.13. The Morgan fingerprint density at radius 2 is 1.02 bits per heavy atom. The van der Waals surface area contributed by atoms with Crippen LogP contribution in [-0.4, -0.2) is 14.1 Å². The second-order valence-electron chi connectivity index (χ2n) is 11.2. The first-order chi connectivity index (χ1) is 22.3. The third kappa shape index (κ3) is 4.52. The van der Waals surface area contributed by atoms with Crippen LogP contribution in [0.5, 0.6) is 0 Å². The zero-order valence-electron chi connectivity index (χ0n) is 25.4. The van der Waals surface area contributed by atoms with Crippen molar-refractivity contribution in [3.63, 3.8) is 0 Å². The van der Waals surface area contributed by atoms with Gasteiger partial charge in [0.05, 0.1) is 16.6 Å². The fraction of sp³-hybridized carbons (Fsp3) is 0.0476. The molecule has 1 N–H and O–H groups in total. The van der Waals surface area contributed by atoms with Crippen LogP contribution in [0.1, 0.15) is 15.3 Å². The molecule has 9 aromatic rings. The lowest BCUT2D eigenvalue weighted by atomic mass is 9.94. The standard InChI is InChI=1S/C40H27N3.C2H6.H2/c1-3-9-32(10-4-1)42-21-19-29-23-27(15-17-38(29)42)31-25-35(40-36(26-31)34-13-7-8-14-37(34)41-40)28-16-18-39-30(24-28)20-22-43(39)33-11-5-2-6-12-33;1-2;/h1-26,41H;1-2H3;1H. The lowest BCUT2D eigenvalue weighted by Crippen LogP contribution is -1.91. The number of benzene rings is 6. The van der Waals surface area contributed by atoms with E-state index in [0.717, 1.165) is 5.52 Å². The molecule has 0 aliphatic rings. The highest BCUT2D eigenvalue weighted by Crippen LogP contribution is 2.39. The van der Waals surface area contributed by atoms with E-state index in [1.807, 2.05) is 13.8 Å². The van der Waals surface area contributed by atoms with Crippen molar-refractivity contribution >= 4 is 43.6 Å². The van der Waals surface area contributed by atoms with Crippen LogP contribution in [0.15, 0.2) is 158 Å². The molecule has 9 rings (SSSR count). The van der Waals surface area contributed by atoms with Crippen molar-refractivity contribution in [2.45, 2.75) is 13.8 Å². The number of hydrogen-bond donors (Lipinski definition) is 1. The van der Waals surface area contributed by atoms with Gasteiger partial charge in [-0.3, -0.25) is 0 Å². The third-order valence-corrected chi connectivity index (χ3v) is 8.71. The topological polar surface area (TPSA) is 25.6 Å². The van der Waals surface area contributed by atoms with Gasteiger partial charge in [-0.2, -0.15) is 0 Å². The Labute approximate surface area is 264 Å². The molecule has 3 aromatic heterocycles. The summed E-state index contributed by atoms with van der Waals surface area (Å²) in [6, 6.07) is 52.4. The van der Waals surface area contributed by atoms with Crippen LogP contribution < -0.4 is 0 Å². The van der Waals surface area contributed by atoms with Crippen molar-refractivity contribution < 1.29 is 1.43 Å². The maximum atomic E-state index is 3.75. The number of rotatable bonds is 4. The van der Waals surface area contributed by atoms with E-state index < -0.39 is 0 Å². The van der Waals surface area contributed by atoms with Crippen LogP contribution in [0, 0.1) is 0 Å². The highest BCUT2D eigenvalue weighted by Gasteiger charge is 2.15. The van der Waals surface area contributed by atoms with Crippen LogP contribution in [0.2, 0.25) is 0 Å². The van der Waals surface area contributed by atoms with E-state index in [2.05, 4.69) is 172 Å². The molecular formula is C42H35N3. The molecule has 0 unspecified atom stereocenters. The van der Waals surface area contributed by atoms with E-state index in [9.17, 15) is 0 Å². The molecule has 0 aliphatic heterocycles. The minimum Gasteiger partial charge on any atom is -0.354 e. The van der Waals surface area contributed by atoms with E-state index in [4.69, 9.17) is 0 Å². The minimum atomic E-state index is 0. The molecule has 3 nitrogen and oxygen atoms in total. The van der Waals surface area contributed by atoms with Gasteiger partial charge in [-0.25, -0.2) is 0 Å². The van der Waals surface area contributed by atoms with Crippen LogP contribution in [0.25, 0.3) is 77.2 Å². The lowest BCUT2D eigenvalue weighted by Gasteiger charge is -2.11. The van der Waals surface area contributed by atoms with Gasteiger partial charge < -0.3 is 14.1 Å². The van der Waals surface area contributed by atoms with Crippen LogP contribution >= 0.6 is 0 Å². The molecule has 45 heavy (non-hydrogen) atoms. The monoisotopic (exact) mass is 581 g/mol. The summed E-state index contributed by atoms with van der Waals surface area (Å²) in [5.74, 6) is 0. The average Bonchev–Trinajstić information content (AvgIpc) is 3.84. The molecule has 6 aromatic carbocycles. The van der Waals surface area contributed by atoms with Gasteiger partial charge >= 0.3 is 0 Å². The highest BCUT2D eigenvalue weighted by atomic mass is 15.0. The zero-order chi connectivity index (χ0) is 30.3. The van der Waals surface area contributed by atoms with E-state index in [-0.39, 0.29) is 1.43 Å². The Bertz CT molecular complexity index is 2450. The Balaban J connectivity index is 0.00000111. The summed E-state index contributed by atoms with van der Waals surface area (Å²) >= 11 is 0. The first-order valence-electron chi connectivity index (χ1n) is 15.7. The minimum absolute atomic E-state index is 0. The summed E-state index contributed by atoms with van der Waals surface area (Å²) in [6.45, 7) is 4.00. The molecule has 0 fully saturated rings. The molecule has 3 heterocycles. The van der Waals surface area contributed by atoms with E-state index >= 15 is 0 Å². The highest BCUT2D eigenvalue weighted by molar-refractivity contribution is 6.14. The van der Waals surface area contributed by atoms with Crippen molar-refractivity contribution in [2.24, 2.45) is 0 Å². The Kier molecular flexibility index (Phi) is 6.57. The second-order valence-corrected chi connectivity index (χ2v) is 11.2. The SMILES string of the molecule is CC.[HH].c1ccc(-n2ccc3cc(-c4cc(-c5ccc6c(ccn6-c6ccccc6)c5)c5[nH]c6ccccc6c5c4)ccc32)cc1. The van der Waals surface area contributed by atoms with Gasteiger partial charge in [0.2, 0.25) is 0 Å². The molecule has 0 saturated carbocycles. The summed E-state index contributed by atoms with van der Waals surface area (Å²) in [6.07, 6.45) is 4.32. The predicted octanol–water partition coefficient (Wildman–Crippen LogP) is 11.8. The number of aromatic amines is 1. The molecular weight excluding hydrogens is 546 g/mol. The molecule has 0 atom stereocenters. The number of aromatic nitrogens is 3. The number of H-pyrrole nitrogens is 1. The number of hydrogen-bond acceptors (Lipinski definition) is 0. The van der Waals surface area contributed by atoms with Gasteiger partial charge in [0, 0.05) is 57.8 Å². The largest absolute Gasteiger partial charge is 0.354 e. The maximum absolute atomic E-state index is 3.75. The van der Waals surface area contributed by atoms with Crippen LogP contribution in [-0.2, 0) is 0 Å².